The van der Waals surface area contributed by atoms with Crippen LogP contribution < -0.4 is 0 Å². The van der Waals surface area contributed by atoms with E-state index in [4.69, 9.17) is 5.11 Å². The van der Waals surface area contributed by atoms with Gasteiger partial charge in [0.1, 0.15) is 11.6 Å². The number of nitrogens with zero attached hydrogens (tertiary/aromatic N) is 2. The van der Waals surface area contributed by atoms with Crippen LogP contribution in [0.2, 0.25) is 0 Å². The van der Waals surface area contributed by atoms with Crippen LogP contribution in [0, 0.1) is 11.6 Å². The van der Waals surface area contributed by atoms with Crippen molar-refractivity contribution in [2.45, 2.75) is 6.54 Å². The predicted octanol–water partition coefficient (Wildman–Crippen LogP) is 1.07. The lowest BCUT2D eigenvalue weighted by molar-refractivity contribution is 0.107. The molecule has 1 N–H and O–H groups in total. The summed E-state index contributed by atoms with van der Waals surface area (Å²) >= 11 is 0. The highest BCUT2D eigenvalue weighted by molar-refractivity contribution is 5.19. The lowest BCUT2D eigenvalue weighted by Gasteiger charge is -2.34. The zero-order valence-corrected chi connectivity index (χ0v) is 10.3. The van der Waals surface area contributed by atoms with Gasteiger partial charge in [-0.05, 0) is 12.1 Å². The van der Waals surface area contributed by atoms with Crippen LogP contribution in [0.1, 0.15) is 5.56 Å². The third-order valence-corrected chi connectivity index (χ3v) is 3.32. The maximum atomic E-state index is 13.5. The van der Waals surface area contributed by atoms with Crippen molar-refractivity contribution in [3.8, 4) is 0 Å². The maximum Gasteiger partial charge on any atom is 0.130 e. The molecule has 18 heavy (non-hydrogen) atoms. The van der Waals surface area contributed by atoms with Crippen molar-refractivity contribution in [3.63, 3.8) is 0 Å². The Labute approximate surface area is 106 Å². The number of aliphatic hydroxyl groups excluding tert-OH is 1. The normalized spacial score (nSPS) is 18.2. The van der Waals surface area contributed by atoms with Gasteiger partial charge in [-0.2, -0.15) is 0 Å². The first kappa shape index (κ1) is 13.4. The molecule has 0 unspecified atom stereocenters. The number of piperazine rings is 1. The van der Waals surface area contributed by atoms with Gasteiger partial charge in [-0.15, -0.1) is 0 Å². The summed E-state index contributed by atoms with van der Waals surface area (Å²) in [6, 6.07) is 3.97. The minimum Gasteiger partial charge on any atom is -0.395 e. The Morgan fingerprint density at radius 1 is 1.00 bits per heavy atom. The smallest absolute Gasteiger partial charge is 0.130 e. The molecule has 1 saturated heterocycles. The standard InChI is InChI=1S/C13H18F2N2O/c14-12-2-1-3-13(15)11(12)10-17-6-4-16(5-7-17)8-9-18/h1-3,18H,4-10H2. The van der Waals surface area contributed by atoms with Gasteiger partial charge >= 0.3 is 0 Å². The summed E-state index contributed by atoms with van der Waals surface area (Å²) in [5.41, 5.74) is 0.146. The van der Waals surface area contributed by atoms with Crippen molar-refractivity contribution in [1.29, 1.82) is 0 Å². The summed E-state index contributed by atoms with van der Waals surface area (Å²) in [4.78, 5) is 4.18. The van der Waals surface area contributed by atoms with Gasteiger partial charge in [0.25, 0.3) is 0 Å². The monoisotopic (exact) mass is 256 g/mol. The minimum atomic E-state index is -0.479. The Balaban J connectivity index is 1.92. The molecule has 3 nitrogen and oxygen atoms in total. The van der Waals surface area contributed by atoms with Crippen molar-refractivity contribution in [2.24, 2.45) is 0 Å². The van der Waals surface area contributed by atoms with E-state index in [1.807, 2.05) is 4.90 Å². The number of β-amino-alcohol motifs (C(OH)–C–C–N with tert-alkyl or cyclic N) is 1. The molecule has 1 aromatic rings. The number of rotatable bonds is 4. The average molecular weight is 256 g/mol. The number of aliphatic hydroxyl groups is 1. The molecular formula is C13H18F2N2O. The SMILES string of the molecule is OCCN1CCN(Cc2c(F)cccc2F)CC1. The Bertz CT molecular complexity index is 372. The molecule has 2 rings (SSSR count). The maximum absolute atomic E-state index is 13.5. The van der Waals surface area contributed by atoms with Crippen molar-refractivity contribution >= 4 is 0 Å². The van der Waals surface area contributed by atoms with Crippen LogP contribution in [0.4, 0.5) is 8.78 Å². The molecule has 1 aliphatic heterocycles. The minimum absolute atomic E-state index is 0.146. The van der Waals surface area contributed by atoms with Gasteiger partial charge in [0.05, 0.1) is 6.61 Å². The molecular weight excluding hydrogens is 238 g/mol. The van der Waals surface area contributed by atoms with E-state index in [0.29, 0.717) is 13.1 Å². The highest BCUT2D eigenvalue weighted by Crippen LogP contribution is 2.15. The molecule has 1 heterocycles. The summed E-state index contributed by atoms with van der Waals surface area (Å²) in [5.74, 6) is -0.958. The summed E-state index contributed by atoms with van der Waals surface area (Å²) in [6.07, 6.45) is 0. The van der Waals surface area contributed by atoms with E-state index >= 15 is 0 Å². The zero-order chi connectivity index (χ0) is 13.0. The second-order valence-corrected chi connectivity index (χ2v) is 4.54. The van der Waals surface area contributed by atoms with E-state index in [-0.39, 0.29) is 12.2 Å². The number of benzene rings is 1. The molecule has 0 radical (unpaired) electrons. The van der Waals surface area contributed by atoms with Crippen molar-refractivity contribution in [1.82, 2.24) is 9.80 Å². The van der Waals surface area contributed by atoms with E-state index in [1.54, 1.807) is 0 Å². The number of hydrogen-bond donors (Lipinski definition) is 1. The van der Waals surface area contributed by atoms with E-state index in [1.165, 1.54) is 18.2 Å². The van der Waals surface area contributed by atoms with Gasteiger partial charge in [-0.1, -0.05) is 6.07 Å². The van der Waals surface area contributed by atoms with Gasteiger partial charge in [0.2, 0.25) is 0 Å². The molecule has 0 saturated carbocycles. The van der Waals surface area contributed by atoms with Crippen LogP contribution >= 0.6 is 0 Å². The van der Waals surface area contributed by atoms with Crippen LogP contribution in [-0.4, -0.2) is 54.2 Å². The van der Waals surface area contributed by atoms with Crippen LogP contribution in [0.15, 0.2) is 18.2 Å². The average Bonchev–Trinajstić information content (AvgIpc) is 2.36. The number of hydrogen-bond acceptors (Lipinski definition) is 3. The fourth-order valence-corrected chi connectivity index (χ4v) is 2.22. The topological polar surface area (TPSA) is 26.7 Å². The summed E-state index contributed by atoms with van der Waals surface area (Å²) in [6.45, 7) is 4.34. The molecule has 1 aliphatic rings. The molecule has 0 atom stereocenters. The molecule has 0 aliphatic carbocycles. The molecule has 100 valence electrons. The summed E-state index contributed by atoms with van der Waals surface area (Å²) < 4.78 is 27.0. The summed E-state index contributed by atoms with van der Waals surface area (Å²) in [7, 11) is 0. The van der Waals surface area contributed by atoms with Gasteiger partial charge in [-0.25, -0.2) is 8.78 Å². The molecule has 1 fully saturated rings. The highest BCUT2D eigenvalue weighted by Gasteiger charge is 2.19. The Hall–Kier alpha value is -1.04. The van der Waals surface area contributed by atoms with Crippen molar-refractivity contribution in [3.05, 3.63) is 35.4 Å². The second-order valence-electron chi connectivity index (χ2n) is 4.54. The lowest BCUT2D eigenvalue weighted by Crippen LogP contribution is -2.46. The third-order valence-electron chi connectivity index (χ3n) is 3.32. The van der Waals surface area contributed by atoms with Gasteiger partial charge in [-0.3, -0.25) is 9.80 Å². The molecule has 0 bridgehead atoms. The van der Waals surface area contributed by atoms with Crippen LogP contribution in [0.3, 0.4) is 0 Å². The van der Waals surface area contributed by atoms with Gasteiger partial charge in [0, 0.05) is 44.8 Å². The van der Waals surface area contributed by atoms with E-state index < -0.39 is 11.6 Å². The van der Waals surface area contributed by atoms with Crippen LogP contribution in [0.5, 0.6) is 0 Å². The first-order valence-corrected chi connectivity index (χ1v) is 6.19. The molecule has 5 heteroatoms. The van der Waals surface area contributed by atoms with Crippen LogP contribution in [0.25, 0.3) is 0 Å². The molecule has 0 spiro atoms. The Kier molecular flexibility index (Phi) is 4.63. The van der Waals surface area contributed by atoms with Crippen molar-refractivity contribution in [2.75, 3.05) is 39.3 Å². The largest absolute Gasteiger partial charge is 0.395 e. The summed E-state index contributed by atoms with van der Waals surface area (Å²) in [5, 5.41) is 8.84. The third kappa shape index (κ3) is 3.25. The van der Waals surface area contributed by atoms with Crippen molar-refractivity contribution < 1.29 is 13.9 Å². The molecule has 1 aromatic carbocycles. The van der Waals surface area contributed by atoms with E-state index in [2.05, 4.69) is 4.90 Å². The number of halogens is 2. The Morgan fingerprint density at radius 3 is 2.11 bits per heavy atom. The molecule has 0 aromatic heterocycles. The lowest BCUT2D eigenvalue weighted by atomic mass is 10.1. The van der Waals surface area contributed by atoms with Gasteiger partial charge < -0.3 is 5.11 Å². The zero-order valence-electron chi connectivity index (χ0n) is 10.3. The van der Waals surface area contributed by atoms with Crippen LogP contribution in [-0.2, 0) is 6.54 Å². The highest BCUT2D eigenvalue weighted by atomic mass is 19.1. The second kappa shape index (κ2) is 6.22. The first-order valence-electron chi connectivity index (χ1n) is 6.19. The fourth-order valence-electron chi connectivity index (χ4n) is 2.22. The van der Waals surface area contributed by atoms with E-state index in [9.17, 15) is 8.78 Å². The predicted molar refractivity (Wildman–Crippen MR) is 65.2 cm³/mol. The van der Waals surface area contributed by atoms with Gasteiger partial charge in [0.15, 0.2) is 0 Å². The Morgan fingerprint density at radius 2 is 1.56 bits per heavy atom. The first-order chi connectivity index (χ1) is 8.70. The fraction of sp³-hybridized carbons (Fsp3) is 0.538. The quantitative estimate of drug-likeness (QED) is 0.873. The van der Waals surface area contributed by atoms with E-state index in [0.717, 1.165) is 26.2 Å². The molecule has 0 amide bonds.